The van der Waals surface area contributed by atoms with Gasteiger partial charge in [0.05, 0.1) is 11.3 Å². The van der Waals surface area contributed by atoms with E-state index in [0.717, 1.165) is 5.56 Å². The standard InChI is InChI=1S/C13H14O2/c1-13(2)11(14)10(12(13)15)8-9-6-4-3-5-7-9/h3-7,10H,8H2,1-2H3. The second-order valence-corrected chi connectivity index (χ2v) is 4.60. The fraction of sp³-hybridized carbons (Fsp3) is 0.385. The van der Waals surface area contributed by atoms with Gasteiger partial charge in [0.15, 0.2) is 11.6 Å². The zero-order valence-electron chi connectivity index (χ0n) is 8.99. The Morgan fingerprint density at radius 1 is 1.07 bits per heavy atom. The number of Topliss-reactive ketones (excluding diaryl/α,β-unsaturated/α-hetero) is 2. The fourth-order valence-corrected chi connectivity index (χ4v) is 2.07. The molecule has 0 saturated heterocycles. The lowest BCUT2D eigenvalue weighted by Crippen LogP contribution is -2.55. The third kappa shape index (κ3) is 1.50. The monoisotopic (exact) mass is 202 g/mol. The Morgan fingerprint density at radius 2 is 1.60 bits per heavy atom. The quantitative estimate of drug-likeness (QED) is 0.687. The number of ketones is 2. The van der Waals surface area contributed by atoms with Crippen LogP contribution in [0.5, 0.6) is 0 Å². The number of benzene rings is 1. The Hall–Kier alpha value is -1.44. The first-order valence-corrected chi connectivity index (χ1v) is 5.16. The summed E-state index contributed by atoms with van der Waals surface area (Å²) in [6.07, 6.45) is 0.557. The average Bonchev–Trinajstić information content (AvgIpc) is 2.26. The molecule has 0 bridgehead atoms. The number of carbonyl (C=O) groups is 2. The van der Waals surface area contributed by atoms with Crippen molar-refractivity contribution < 1.29 is 9.59 Å². The normalized spacial score (nSPS) is 20.1. The van der Waals surface area contributed by atoms with E-state index < -0.39 is 11.3 Å². The minimum absolute atomic E-state index is 0.0800. The summed E-state index contributed by atoms with van der Waals surface area (Å²) in [6.45, 7) is 3.42. The highest BCUT2D eigenvalue weighted by Gasteiger charge is 2.54. The van der Waals surface area contributed by atoms with Crippen LogP contribution in [-0.2, 0) is 16.0 Å². The van der Waals surface area contributed by atoms with E-state index in [1.807, 2.05) is 30.3 Å². The number of rotatable bonds is 2. The van der Waals surface area contributed by atoms with Crippen molar-refractivity contribution in [2.45, 2.75) is 20.3 Å². The third-order valence-electron chi connectivity index (χ3n) is 3.15. The van der Waals surface area contributed by atoms with Gasteiger partial charge in [-0.05, 0) is 25.8 Å². The molecule has 0 amide bonds. The molecule has 0 aromatic heterocycles. The van der Waals surface area contributed by atoms with Gasteiger partial charge in [0.1, 0.15) is 0 Å². The molecular weight excluding hydrogens is 188 g/mol. The summed E-state index contributed by atoms with van der Waals surface area (Å²) in [7, 11) is 0. The van der Waals surface area contributed by atoms with Crippen molar-refractivity contribution in [2.75, 3.05) is 0 Å². The van der Waals surface area contributed by atoms with E-state index in [2.05, 4.69) is 0 Å². The van der Waals surface area contributed by atoms with Crippen LogP contribution in [-0.4, -0.2) is 11.6 Å². The average molecular weight is 202 g/mol. The Labute approximate surface area is 89.3 Å². The highest BCUT2D eigenvalue weighted by atomic mass is 16.2. The molecule has 0 spiro atoms. The van der Waals surface area contributed by atoms with Crippen molar-refractivity contribution in [2.24, 2.45) is 11.3 Å². The first-order valence-electron chi connectivity index (χ1n) is 5.16. The molecule has 2 heteroatoms. The van der Waals surface area contributed by atoms with Crippen molar-refractivity contribution in [3.8, 4) is 0 Å². The van der Waals surface area contributed by atoms with Crippen molar-refractivity contribution in [1.29, 1.82) is 0 Å². The summed E-state index contributed by atoms with van der Waals surface area (Å²) in [6, 6.07) is 9.68. The molecule has 0 N–H and O–H groups in total. The van der Waals surface area contributed by atoms with Gasteiger partial charge in [-0.1, -0.05) is 30.3 Å². The van der Waals surface area contributed by atoms with Crippen LogP contribution < -0.4 is 0 Å². The lowest BCUT2D eigenvalue weighted by atomic mass is 9.60. The Bertz CT molecular complexity index is 386. The fourth-order valence-electron chi connectivity index (χ4n) is 2.07. The van der Waals surface area contributed by atoms with E-state index in [4.69, 9.17) is 0 Å². The van der Waals surface area contributed by atoms with Gasteiger partial charge < -0.3 is 0 Å². The van der Waals surface area contributed by atoms with E-state index >= 15 is 0 Å². The van der Waals surface area contributed by atoms with E-state index in [0.29, 0.717) is 6.42 Å². The lowest BCUT2D eigenvalue weighted by molar-refractivity contribution is -0.157. The number of carbonyl (C=O) groups excluding carboxylic acids is 2. The molecule has 1 saturated carbocycles. The van der Waals surface area contributed by atoms with Crippen LogP contribution in [0.4, 0.5) is 0 Å². The molecule has 0 unspecified atom stereocenters. The summed E-state index contributed by atoms with van der Waals surface area (Å²) < 4.78 is 0. The molecule has 2 nitrogen and oxygen atoms in total. The summed E-state index contributed by atoms with van der Waals surface area (Å²) in [5.74, 6) is -0.241. The van der Waals surface area contributed by atoms with Crippen LogP contribution in [0.25, 0.3) is 0 Å². The molecule has 1 fully saturated rings. The van der Waals surface area contributed by atoms with Crippen LogP contribution in [0.2, 0.25) is 0 Å². The minimum atomic E-state index is -0.737. The van der Waals surface area contributed by atoms with Gasteiger partial charge in [-0.15, -0.1) is 0 Å². The second-order valence-electron chi connectivity index (χ2n) is 4.60. The summed E-state index contributed by atoms with van der Waals surface area (Å²) in [5, 5.41) is 0. The van der Waals surface area contributed by atoms with Crippen LogP contribution in [0.3, 0.4) is 0 Å². The first kappa shape index (κ1) is 10.1. The largest absolute Gasteiger partial charge is 0.298 e. The molecule has 1 aliphatic rings. The Balaban J connectivity index is 2.11. The molecule has 15 heavy (non-hydrogen) atoms. The van der Waals surface area contributed by atoms with E-state index in [1.165, 1.54) is 0 Å². The molecule has 0 aliphatic heterocycles. The zero-order chi connectivity index (χ0) is 11.1. The maximum atomic E-state index is 11.7. The predicted octanol–water partition coefficient (Wildman–Crippen LogP) is 2.02. The van der Waals surface area contributed by atoms with Crippen LogP contribution in [0, 0.1) is 11.3 Å². The SMILES string of the molecule is CC1(C)C(=O)C(Cc2ccccc2)C1=O. The molecule has 0 atom stereocenters. The van der Waals surface area contributed by atoms with Gasteiger partial charge in [0.2, 0.25) is 0 Å². The van der Waals surface area contributed by atoms with Gasteiger partial charge in [-0.2, -0.15) is 0 Å². The minimum Gasteiger partial charge on any atom is -0.298 e. The van der Waals surface area contributed by atoms with Crippen molar-refractivity contribution in [1.82, 2.24) is 0 Å². The van der Waals surface area contributed by atoms with Gasteiger partial charge >= 0.3 is 0 Å². The Morgan fingerprint density at radius 3 is 2.13 bits per heavy atom. The molecule has 1 aromatic rings. The third-order valence-corrected chi connectivity index (χ3v) is 3.15. The van der Waals surface area contributed by atoms with Crippen LogP contribution >= 0.6 is 0 Å². The molecule has 0 heterocycles. The van der Waals surface area contributed by atoms with Crippen molar-refractivity contribution in [3.63, 3.8) is 0 Å². The smallest absolute Gasteiger partial charge is 0.156 e. The molecule has 0 radical (unpaired) electrons. The first-order chi connectivity index (χ1) is 7.03. The summed E-state index contributed by atoms with van der Waals surface area (Å²) in [5.41, 5.74) is 0.319. The molecular formula is C13H14O2. The summed E-state index contributed by atoms with van der Waals surface area (Å²) >= 11 is 0. The highest BCUT2D eigenvalue weighted by Crippen LogP contribution is 2.38. The van der Waals surface area contributed by atoms with Gasteiger partial charge in [0, 0.05) is 0 Å². The van der Waals surface area contributed by atoms with E-state index in [9.17, 15) is 9.59 Å². The van der Waals surface area contributed by atoms with Crippen LogP contribution in [0.15, 0.2) is 30.3 Å². The predicted molar refractivity (Wildman–Crippen MR) is 57.4 cm³/mol. The number of hydrogen-bond acceptors (Lipinski definition) is 2. The zero-order valence-corrected chi connectivity index (χ0v) is 8.99. The molecule has 1 aromatic carbocycles. The summed E-state index contributed by atoms with van der Waals surface area (Å²) in [4.78, 5) is 23.4. The maximum Gasteiger partial charge on any atom is 0.156 e. The molecule has 2 rings (SSSR count). The highest BCUT2D eigenvalue weighted by molar-refractivity contribution is 6.26. The topological polar surface area (TPSA) is 34.1 Å². The Kier molecular flexibility index (Phi) is 2.22. The van der Waals surface area contributed by atoms with Crippen LogP contribution in [0.1, 0.15) is 19.4 Å². The van der Waals surface area contributed by atoms with Gasteiger partial charge in [0.25, 0.3) is 0 Å². The van der Waals surface area contributed by atoms with E-state index in [1.54, 1.807) is 13.8 Å². The van der Waals surface area contributed by atoms with Crippen molar-refractivity contribution >= 4 is 11.6 Å². The lowest BCUT2D eigenvalue weighted by Gasteiger charge is -2.38. The number of hydrogen-bond donors (Lipinski definition) is 0. The maximum absolute atomic E-state index is 11.7. The second kappa shape index (κ2) is 3.30. The van der Waals surface area contributed by atoms with E-state index in [-0.39, 0.29) is 11.6 Å². The molecule has 78 valence electrons. The molecule has 1 aliphatic carbocycles. The van der Waals surface area contributed by atoms with Gasteiger partial charge in [-0.25, -0.2) is 0 Å². The van der Waals surface area contributed by atoms with Crippen molar-refractivity contribution in [3.05, 3.63) is 35.9 Å². The van der Waals surface area contributed by atoms with Gasteiger partial charge in [-0.3, -0.25) is 9.59 Å².